The summed E-state index contributed by atoms with van der Waals surface area (Å²) >= 11 is 1.88. The third-order valence-electron chi connectivity index (χ3n) is 6.93. The Morgan fingerprint density at radius 1 is 1.00 bits per heavy atom. The summed E-state index contributed by atoms with van der Waals surface area (Å²) < 4.78 is 6.02. The summed E-state index contributed by atoms with van der Waals surface area (Å²) in [6, 6.07) is 27.2. The molecule has 6 heteroatoms. The number of fused-ring (bicyclic) bond motifs is 4. The summed E-state index contributed by atoms with van der Waals surface area (Å²) in [5.41, 5.74) is 4.27. The van der Waals surface area contributed by atoms with Crippen LogP contribution >= 0.6 is 11.8 Å². The second-order valence-corrected chi connectivity index (χ2v) is 11.3. The minimum absolute atomic E-state index is 0. The average molecular weight is 661 g/mol. The van der Waals surface area contributed by atoms with Gasteiger partial charge in [-0.15, -0.1) is 35.5 Å². The van der Waals surface area contributed by atoms with Gasteiger partial charge in [0.2, 0.25) is 5.88 Å². The standard InChI is InChI=1S/C29H25N2O2S.Pt/c1-28(2,3)29-17-20-8-4-5-12-22(20)26(29)31-27(34-29)19-10-6-11-21(16-19)33-24-15-14-18-9-7-13-23(32)25(18)30-24;/h4-15,26,32H,17H2,1-3H3;/q-1;/t26-,29+;/m0./s1. The van der Waals surface area contributed by atoms with Gasteiger partial charge >= 0.3 is 0 Å². The Morgan fingerprint density at radius 2 is 1.80 bits per heavy atom. The fourth-order valence-corrected chi connectivity index (χ4v) is 6.60. The van der Waals surface area contributed by atoms with Gasteiger partial charge in [-0.3, -0.25) is 0 Å². The number of hydrogen-bond donors (Lipinski definition) is 1. The first-order valence-electron chi connectivity index (χ1n) is 11.5. The van der Waals surface area contributed by atoms with Crippen molar-refractivity contribution in [1.82, 2.24) is 4.98 Å². The normalized spacial score (nSPS) is 20.7. The molecule has 4 nitrogen and oxygen atoms in total. The van der Waals surface area contributed by atoms with E-state index in [0.717, 1.165) is 22.4 Å². The number of para-hydroxylation sites is 1. The molecule has 0 fully saturated rings. The van der Waals surface area contributed by atoms with Crippen LogP contribution in [0.5, 0.6) is 17.4 Å². The zero-order chi connectivity index (χ0) is 23.5. The van der Waals surface area contributed by atoms with E-state index < -0.39 is 0 Å². The van der Waals surface area contributed by atoms with Gasteiger partial charge in [0.25, 0.3) is 0 Å². The molecule has 0 saturated carbocycles. The Kier molecular flexibility index (Phi) is 6.05. The van der Waals surface area contributed by atoms with E-state index in [1.165, 1.54) is 11.1 Å². The van der Waals surface area contributed by atoms with Crippen LogP contribution in [0.4, 0.5) is 0 Å². The van der Waals surface area contributed by atoms with Crippen LogP contribution in [-0.4, -0.2) is 19.9 Å². The fraction of sp³-hybridized carbons (Fsp3) is 0.241. The van der Waals surface area contributed by atoms with E-state index in [1.54, 1.807) is 18.2 Å². The summed E-state index contributed by atoms with van der Waals surface area (Å²) in [4.78, 5) is 9.73. The van der Waals surface area contributed by atoms with Gasteiger partial charge < -0.3 is 14.8 Å². The first-order valence-corrected chi connectivity index (χ1v) is 12.3. The predicted octanol–water partition coefficient (Wildman–Crippen LogP) is 7.11. The molecule has 0 spiro atoms. The summed E-state index contributed by atoms with van der Waals surface area (Å²) in [7, 11) is 0. The number of pyridine rings is 1. The average Bonchev–Trinajstić information content (AvgIpc) is 3.35. The van der Waals surface area contributed by atoms with Crippen molar-refractivity contribution in [3.63, 3.8) is 0 Å². The van der Waals surface area contributed by atoms with Crippen molar-refractivity contribution < 1.29 is 30.9 Å². The summed E-state index contributed by atoms with van der Waals surface area (Å²) in [5.74, 6) is 1.13. The summed E-state index contributed by atoms with van der Waals surface area (Å²) in [6.45, 7) is 6.96. The Labute approximate surface area is 224 Å². The largest absolute Gasteiger partial charge is 0.506 e. The predicted molar refractivity (Wildman–Crippen MR) is 138 cm³/mol. The van der Waals surface area contributed by atoms with Crippen molar-refractivity contribution in [2.45, 2.75) is 38.0 Å². The first-order chi connectivity index (χ1) is 16.3. The van der Waals surface area contributed by atoms with Gasteiger partial charge in [0.15, 0.2) is 0 Å². The number of phenolic OH excluding ortho intramolecular Hbond substituents is 1. The second kappa shape index (κ2) is 8.80. The van der Waals surface area contributed by atoms with E-state index in [2.05, 4.69) is 56.1 Å². The molecule has 0 amide bonds. The summed E-state index contributed by atoms with van der Waals surface area (Å²) in [6.07, 6.45) is 1.01. The number of phenols is 1. The quantitative estimate of drug-likeness (QED) is 0.238. The van der Waals surface area contributed by atoms with Gasteiger partial charge in [0.05, 0.1) is 6.04 Å². The molecule has 0 bridgehead atoms. The topological polar surface area (TPSA) is 54.7 Å². The van der Waals surface area contributed by atoms with Crippen molar-refractivity contribution >= 4 is 27.7 Å². The van der Waals surface area contributed by atoms with Crippen LogP contribution in [0.2, 0.25) is 0 Å². The number of aromatic hydroxyl groups is 1. The number of thioether (sulfide) groups is 1. The number of benzene rings is 3. The molecule has 35 heavy (non-hydrogen) atoms. The molecular formula is C29H25N2O2PtS-. The van der Waals surface area contributed by atoms with Crippen LogP contribution in [0.1, 0.15) is 43.5 Å². The van der Waals surface area contributed by atoms with E-state index in [0.29, 0.717) is 17.1 Å². The van der Waals surface area contributed by atoms with E-state index >= 15 is 0 Å². The van der Waals surface area contributed by atoms with Crippen molar-refractivity contribution in [3.8, 4) is 17.4 Å². The maximum Gasteiger partial charge on any atom is 0.217 e. The van der Waals surface area contributed by atoms with Crippen molar-refractivity contribution in [2.75, 3.05) is 0 Å². The Hall–Kier alpha value is -2.62. The summed E-state index contributed by atoms with van der Waals surface area (Å²) in [5, 5.41) is 12.0. The molecule has 4 aromatic rings. The SMILES string of the molecule is CC(C)(C)[C@@]12Cc3ccccc3[C@@H]1N=C(c1[c-]c(Oc3ccc4cccc(O)c4n3)ccc1)S2.[Pt]. The second-order valence-electron chi connectivity index (χ2n) is 9.98. The maximum absolute atomic E-state index is 10.1. The van der Waals surface area contributed by atoms with Gasteiger partial charge in [-0.25, -0.2) is 4.98 Å². The molecule has 0 unspecified atom stereocenters. The zero-order valence-corrected chi connectivity index (χ0v) is 22.8. The van der Waals surface area contributed by atoms with Crippen molar-refractivity contribution in [1.29, 1.82) is 0 Å². The van der Waals surface area contributed by atoms with E-state index in [4.69, 9.17) is 9.73 Å². The van der Waals surface area contributed by atoms with Crippen LogP contribution in [0.25, 0.3) is 10.9 Å². The first kappa shape index (κ1) is 24.1. The minimum atomic E-state index is -0.0197. The van der Waals surface area contributed by atoms with Crippen molar-refractivity contribution in [2.24, 2.45) is 10.4 Å². The smallest absolute Gasteiger partial charge is 0.217 e. The molecule has 1 aliphatic heterocycles. The van der Waals surface area contributed by atoms with Gasteiger partial charge in [0.1, 0.15) is 11.3 Å². The molecule has 2 aliphatic rings. The number of ether oxygens (including phenoxy) is 1. The monoisotopic (exact) mass is 660 g/mol. The van der Waals surface area contributed by atoms with Gasteiger partial charge in [-0.1, -0.05) is 63.2 Å². The van der Waals surface area contributed by atoms with Crippen LogP contribution in [-0.2, 0) is 27.5 Å². The molecule has 0 radical (unpaired) electrons. The molecule has 3 aromatic carbocycles. The van der Waals surface area contributed by atoms with E-state index in [9.17, 15) is 5.11 Å². The number of nitrogens with zero attached hydrogens (tertiary/aromatic N) is 2. The number of hydrogen-bond acceptors (Lipinski definition) is 5. The molecule has 2 atom stereocenters. The van der Waals surface area contributed by atoms with Crippen LogP contribution in [0.15, 0.2) is 77.8 Å². The Morgan fingerprint density at radius 3 is 2.63 bits per heavy atom. The maximum atomic E-state index is 10.1. The van der Waals surface area contributed by atoms with Crippen molar-refractivity contribution in [3.05, 3.63) is 95.6 Å². The molecule has 2 heterocycles. The molecule has 6 rings (SSSR count). The number of rotatable bonds is 3. The minimum Gasteiger partial charge on any atom is -0.506 e. The zero-order valence-electron chi connectivity index (χ0n) is 19.7. The Bertz CT molecular complexity index is 1460. The fourth-order valence-electron chi connectivity index (χ4n) is 5.04. The molecule has 180 valence electrons. The molecule has 0 saturated heterocycles. The van der Waals surface area contributed by atoms with Gasteiger partial charge in [-0.05, 0) is 35.1 Å². The third-order valence-corrected chi connectivity index (χ3v) is 8.79. The van der Waals surface area contributed by atoms with Gasteiger partial charge in [-0.2, -0.15) is 0 Å². The Balaban J connectivity index is 0.00000253. The third kappa shape index (κ3) is 3.99. The number of aromatic nitrogens is 1. The van der Waals surface area contributed by atoms with Crippen LogP contribution in [0.3, 0.4) is 0 Å². The van der Waals surface area contributed by atoms with Gasteiger partial charge in [0, 0.05) is 48.1 Å². The molecule has 1 N–H and O–H groups in total. The number of aliphatic imine (C=N–C) groups is 1. The van der Waals surface area contributed by atoms with E-state index in [-0.39, 0.29) is 43.0 Å². The van der Waals surface area contributed by atoms with Crippen LogP contribution < -0.4 is 4.74 Å². The molecule has 1 aliphatic carbocycles. The molecular weight excluding hydrogens is 635 g/mol. The molecule has 1 aromatic heterocycles. The van der Waals surface area contributed by atoms with Crippen LogP contribution in [0, 0.1) is 11.5 Å². The van der Waals surface area contributed by atoms with E-state index in [1.807, 2.05) is 42.1 Å².